The van der Waals surface area contributed by atoms with Crippen LogP contribution in [0.25, 0.3) is 0 Å². The van der Waals surface area contributed by atoms with E-state index in [1.54, 1.807) is 19.2 Å². The van der Waals surface area contributed by atoms with E-state index in [0.717, 1.165) is 43.5 Å². The Kier molecular flexibility index (Phi) is 5.59. The number of methoxy groups -OCH3 is 1. The number of carbonyl (C=O) groups is 1. The minimum absolute atomic E-state index is 0.123. The Balaban J connectivity index is 1.79. The SMILES string of the molecule is COc1ccc(C2CCCCCN2C(=O)Cc2ccc(O)cc2)cc1. The fourth-order valence-electron chi connectivity index (χ4n) is 3.47. The Morgan fingerprint density at radius 1 is 1.08 bits per heavy atom. The molecule has 3 rings (SSSR count). The molecule has 1 aliphatic rings. The van der Waals surface area contributed by atoms with Crippen LogP contribution in [-0.2, 0) is 11.2 Å². The molecule has 1 fully saturated rings. The molecule has 4 heteroatoms. The first-order valence-electron chi connectivity index (χ1n) is 8.88. The van der Waals surface area contributed by atoms with Gasteiger partial charge in [-0.1, -0.05) is 37.1 Å². The molecule has 4 nitrogen and oxygen atoms in total. The van der Waals surface area contributed by atoms with Crippen molar-refractivity contribution in [1.29, 1.82) is 0 Å². The van der Waals surface area contributed by atoms with Gasteiger partial charge < -0.3 is 14.7 Å². The number of nitrogens with zero attached hydrogens (tertiary/aromatic N) is 1. The number of benzene rings is 2. The van der Waals surface area contributed by atoms with Crippen molar-refractivity contribution in [3.63, 3.8) is 0 Å². The van der Waals surface area contributed by atoms with Crippen LogP contribution in [0.1, 0.15) is 42.9 Å². The van der Waals surface area contributed by atoms with Crippen LogP contribution >= 0.6 is 0 Å². The summed E-state index contributed by atoms with van der Waals surface area (Å²) in [6, 6.07) is 15.1. The maximum Gasteiger partial charge on any atom is 0.227 e. The van der Waals surface area contributed by atoms with E-state index in [1.807, 2.05) is 29.2 Å². The molecule has 0 radical (unpaired) electrons. The van der Waals surface area contributed by atoms with Crippen LogP contribution < -0.4 is 4.74 Å². The number of ether oxygens (including phenoxy) is 1. The summed E-state index contributed by atoms with van der Waals surface area (Å²) in [5, 5.41) is 9.40. The van der Waals surface area contributed by atoms with Crippen molar-refractivity contribution in [1.82, 2.24) is 4.90 Å². The van der Waals surface area contributed by atoms with Gasteiger partial charge in [-0.3, -0.25) is 4.79 Å². The van der Waals surface area contributed by atoms with Gasteiger partial charge in [-0.25, -0.2) is 0 Å². The van der Waals surface area contributed by atoms with Gasteiger partial charge >= 0.3 is 0 Å². The van der Waals surface area contributed by atoms with Crippen molar-refractivity contribution in [2.45, 2.75) is 38.1 Å². The molecule has 25 heavy (non-hydrogen) atoms. The summed E-state index contributed by atoms with van der Waals surface area (Å²) in [7, 11) is 1.66. The predicted octanol–water partition coefficient (Wildman–Crippen LogP) is 4.09. The van der Waals surface area contributed by atoms with Gasteiger partial charge in [-0.05, 0) is 48.2 Å². The average molecular weight is 339 g/mol. The van der Waals surface area contributed by atoms with Gasteiger partial charge in [-0.15, -0.1) is 0 Å². The van der Waals surface area contributed by atoms with E-state index in [0.29, 0.717) is 6.42 Å². The zero-order chi connectivity index (χ0) is 17.6. The molecule has 2 aromatic rings. The molecule has 2 aromatic carbocycles. The lowest BCUT2D eigenvalue weighted by Crippen LogP contribution is -2.35. The van der Waals surface area contributed by atoms with E-state index in [1.165, 1.54) is 5.56 Å². The predicted molar refractivity (Wildman–Crippen MR) is 97.7 cm³/mol. The second-order valence-corrected chi connectivity index (χ2v) is 6.57. The van der Waals surface area contributed by atoms with Gasteiger partial charge in [0, 0.05) is 6.54 Å². The smallest absolute Gasteiger partial charge is 0.227 e. The Bertz CT molecular complexity index is 694. The van der Waals surface area contributed by atoms with Gasteiger partial charge in [-0.2, -0.15) is 0 Å². The van der Waals surface area contributed by atoms with E-state index in [4.69, 9.17) is 4.74 Å². The third kappa shape index (κ3) is 4.32. The van der Waals surface area contributed by atoms with Crippen LogP contribution in [0.15, 0.2) is 48.5 Å². The molecule has 0 bridgehead atoms. The number of hydrogen-bond donors (Lipinski definition) is 1. The van der Waals surface area contributed by atoms with Gasteiger partial charge in [0.1, 0.15) is 11.5 Å². The quantitative estimate of drug-likeness (QED) is 0.913. The molecular weight excluding hydrogens is 314 g/mol. The lowest BCUT2D eigenvalue weighted by molar-refractivity contribution is -0.132. The van der Waals surface area contributed by atoms with E-state index in [-0.39, 0.29) is 17.7 Å². The zero-order valence-corrected chi connectivity index (χ0v) is 14.6. The van der Waals surface area contributed by atoms with Crippen LogP contribution in [0, 0.1) is 0 Å². The number of hydrogen-bond acceptors (Lipinski definition) is 3. The number of phenolic OH excluding ortho intramolecular Hbond substituents is 1. The van der Waals surface area contributed by atoms with Crippen molar-refractivity contribution >= 4 is 5.91 Å². The first-order valence-corrected chi connectivity index (χ1v) is 8.88. The molecule has 1 saturated heterocycles. The second-order valence-electron chi connectivity index (χ2n) is 6.57. The molecule has 1 heterocycles. The van der Waals surface area contributed by atoms with Crippen molar-refractivity contribution < 1.29 is 14.6 Å². The highest BCUT2D eigenvalue weighted by Crippen LogP contribution is 2.31. The molecule has 0 aromatic heterocycles. The Hall–Kier alpha value is -2.49. The summed E-state index contributed by atoms with van der Waals surface area (Å²) in [5.41, 5.74) is 2.10. The number of amides is 1. The van der Waals surface area contributed by atoms with E-state index < -0.39 is 0 Å². The number of carbonyl (C=O) groups excluding carboxylic acids is 1. The number of likely N-dealkylation sites (tertiary alicyclic amines) is 1. The van der Waals surface area contributed by atoms with Crippen LogP contribution in [0.2, 0.25) is 0 Å². The highest BCUT2D eigenvalue weighted by atomic mass is 16.5. The summed E-state index contributed by atoms with van der Waals surface area (Å²) >= 11 is 0. The van der Waals surface area contributed by atoms with Crippen molar-refractivity contribution in [2.24, 2.45) is 0 Å². The molecule has 132 valence electrons. The van der Waals surface area contributed by atoms with E-state index >= 15 is 0 Å². The minimum atomic E-state index is 0.123. The minimum Gasteiger partial charge on any atom is -0.508 e. The molecule has 0 aliphatic carbocycles. The van der Waals surface area contributed by atoms with Gasteiger partial charge in [0.2, 0.25) is 5.91 Å². The van der Waals surface area contributed by atoms with Crippen molar-refractivity contribution in [3.05, 3.63) is 59.7 Å². The standard InChI is InChI=1S/C21H25NO3/c1-25-19-12-8-17(9-13-19)20-5-3-2-4-14-22(20)21(24)15-16-6-10-18(23)11-7-16/h6-13,20,23H,2-5,14-15H2,1H3. The monoisotopic (exact) mass is 339 g/mol. The highest BCUT2D eigenvalue weighted by Gasteiger charge is 2.26. The lowest BCUT2D eigenvalue weighted by Gasteiger charge is -2.31. The molecular formula is C21H25NO3. The van der Waals surface area contributed by atoms with Crippen LogP contribution in [0.5, 0.6) is 11.5 Å². The van der Waals surface area contributed by atoms with Gasteiger partial charge in [0.25, 0.3) is 0 Å². The molecule has 1 aliphatic heterocycles. The second kappa shape index (κ2) is 8.06. The molecule has 1 unspecified atom stereocenters. The summed E-state index contributed by atoms with van der Waals surface area (Å²) in [5.74, 6) is 1.20. The third-order valence-corrected chi connectivity index (χ3v) is 4.87. The lowest BCUT2D eigenvalue weighted by atomic mass is 10.00. The summed E-state index contributed by atoms with van der Waals surface area (Å²) < 4.78 is 5.24. The molecule has 0 saturated carbocycles. The number of aromatic hydroxyl groups is 1. The first kappa shape index (κ1) is 17.3. The normalized spacial score (nSPS) is 17.8. The zero-order valence-electron chi connectivity index (χ0n) is 14.6. The van der Waals surface area contributed by atoms with E-state index in [9.17, 15) is 9.90 Å². The fourth-order valence-corrected chi connectivity index (χ4v) is 3.47. The highest BCUT2D eigenvalue weighted by molar-refractivity contribution is 5.79. The fraction of sp³-hybridized carbons (Fsp3) is 0.381. The average Bonchev–Trinajstić information content (AvgIpc) is 2.90. The molecule has 0 spiro atoms. The summed E-state index contributed by atoms with van der Waals surface area (Å²) in [6.07, 6.45) is 4.71. The van der Waals surface area contributed by atoms with Crippen LogP contribution in [0.3, 0.4) is 0 Å². The molecule has 1 N–H and O–H groups in total. The maximum atomic E-state index is 13.0. The summed E-state index contributed by atoms with van der Waals surface area (Å²) in [6.45, 7) is 0.799. The first-order chi connectivity index (χ1) is 12.2. The molecule has 1 atom stereocenters. The van der Waals surface area contributed by atoms with E-state index in [2.05, 4.69) is 12.1 Å². The van der Waals surface area contributed by atoms with Crippen LogP contribution in [-0.4, -0.2) is 29.6 Å². The number of phenols is 1. The number of rotatable bonds is 4. The third-order valence-electron chi connectivity index (χ3n) is 4.87. The van der Waals surface area contributed by atoms with Gasteiger partial charge in [0.15, 0.2) is 0 Å². The maximum absolute atomic E-state index is 13.0. The van der Waals surface area contributed by atoms with Gasteiger partial charge in [0.05, 0.1) is 19.6 Å². The Morgan fingerprint density at radius 2 is 1.80 bits per heavy atom. The largest absolute Gasteiger partial charge is 0.508 e. The van der Waals surface area contributed by atoms with Crippen molar-refractivity contribution in [2.75, 3.05) is 13.7 Å². The Morgan fingerprint density at radius 3 is 2.48 bits per heavy atom. The molecule has 1 amide bonds. The van der Waals surface area contributed by atoms with Crippen molar-refractivity contribution in [3.8, 4) is 11.5 Å². The topological polar surface area (TPSA) is 49.8 Å². The van der Waals surface area contributed by atoms with Crippen LogP contribution in [0.4, 0.5) is 0 Å². The Labute approximate surface area is 149 Å². The summed E-state index contributed by atoms with van der Waals surface area (Å²) in [4.78, 5) is 15.0.